The number of rotatable bonds is 2. The van der Waals surface area contributed by atoms with E-state index in [9.17, 15) is 0 Å². The van der Waals surface area contributed by atoms with E-state index in [-0.39, 0.29) is 5.11 Å². The lowest BCUT2D eigenvalue weighted by atomic mass is 10.3. The summed E-state index contributed by atoms with van der Waals surface area (Å²) in [5, 5.41) is 14.3. The summed E-state index contributed by atoms with van der Waals surface area (Å²) in [6, 6.07) is 7.47. The third-order valence-corrected chi connectivity index (χ3v) is 2.11. The SMILES string of the molecule is Cc1nnnn1-c1ccc(NC(N)=S)cc1. The quantitative estimate of drug-likeness (QED) is 0.742. The number of hydrogen-bond donors (Lipinski definition) is 2. The van der Waals surface area contributed by atoms with Gasteiger partial charge in [0, 0.05) is 5.69 Å². The van der Waals surface area contributed by atoms with Crippen molar-refractivity contribution < 1.29 is 0 Å². The Hall–Kier alpha value is -2.02. The standard InChI is InChI=1S/C9H10N6S/c1-6-12-13-14-15(6)8-4-2-7(3-5-8)11-9(10)16/h2-5H,1H3,(H3,10,11,16). The summed E-state index contributed by atoms with van der Waals surface area (Å²) in [4.78, 5) is 0. The summed E-state index contributed by atoms with van der Waals surface area (Å²) >= 11 is 4.74. The minimum absolute atomic E-state index is 0.242. The molecule has 0 aliphatic rings. The van der Waals surface area contributed by atoms with Crippen molar-refractivity contribution in [1.82, 2.24) is 20.2 Å². The first kappa shape index (κ1) is 10.5. The van der Waals surface area contributed by atoms with Gasteiger partial charge in [-0.2, -0.15) is 4.68 Å². The second-order valence-electron chi connectivity index (χ2n) is 3.17. The van der Waals surface area contributed by atoms with Gasteiger partial charge >= 0.3 is 0 Å². The topological polar surface area (TPSA) is 81.7 Å². The third-order valence-electron chi connectivity index (χ3n) is 2.00. The van der Waals surface area contributed by atoms with Gasteiger partial charge in [-0.25, -0.2) is 0 Å². The number of anilines is 1. The van der Waals surface area contributed by atoms with E-state index in [2.05, 4.69) is 20.8 Å². The Bertz CT molecular complexity index is 503. The van der Waals surface area contributed by atoms with E-state index in [0.717, 1.165) is 17.2 Å². The molecule has 1 aromatic carbocycles. The first-order chi connectivity index (χ1) is 7.66. The van der Waals surface area contributed by atoms with Crippen LogP contribution < -0.4 is 11.1 Å². The van der Waals surface area contributed by atoms with Crippen LogP contribution in [0.15, 0.2) is 24.3 Å². The Morgan fingerprint density at radius 3 is 2.56 bits per heavy atom. The average molecular weight is 234 g/mol. The second kappa shape index (κ2) is 4.23. The molecule has 0 saturated heterocycles. The van der Waals surface area contributed by atoms with Gasteiger partial charge in [0.1, 0.15) is 0 Å². The van der Waals surface area contributed by atoms with Gasteiger partial charge < -0.3 is 11.1 Å². The van der Waals surface area contributed by atoms with E-state index in [0.29, 0.717) is 0 Å². The van der Waals surface area contributed by atoms with Crippen molar-refractivity contribution in [2.24, 2.45) is 5.73 Å². The molecule has 7 heteroatoms. The molecular formula is C9H10N6S. The Morgan fingerprint density at radius 2 is 2.06 bits per heavy atom. The fourth-order valence-electron chi connectivity index (χ4n) is 1.30. The number of tetrazole rings is 1. The zero-order chi connectivity index (χ0) is 11.5. The average Bonchev–Trinajstić information content (AvgIpc) is 2.65. The fraction of sp³-hybridized carbons (Fsp3) is 0.111. The van der Waals surface area contributed by atoms with E-state index in [1.54, 1.807) is 4.68 Å². The summed E-state index contributed by atoms with van der Waals surface area (Å²) in [5.41, 5.74) is 7.08. The molecule has 0 unspecified atom stereocenters. The van der Waals surface area contributed by atoms with Crippen molar-refractivity contribution in [2.75, 3.05) is 5.32 Å². The van der Waals surface area contributed by atoms with Gasteiger partial charge in [0.2, 0.25) is 0 Å². The van der Waals surface area contributed by atoms with E-state index in [1.807, 2.05) is 31.2 Å². The molecule has 1 aromatic heterocycles. The maximum absolute atomic E-state index is 5.36. The van der Waals surface area contributed by atoms with Gasteiger partial charge in [-0.05, 0) is 53.8 Å². The first-order valence-electron chi connectivity index (χ1n) is 4.58. The van der Waals surface area contributed by atoms with Crippen molar-refractivity contribution in [3.63, 3.8) is 0 Å². The van der Waals surface area contributed by atoms with E-state index < -0.39 is 0 Å². The number of nitrogens with one attached hydrogen (secondary N) is 1. The molecule has 2 aromatic rings. The molecule has 0 spiro atoms. The van der Waals surface area contributed by atoms with Gasteiger partial charge in [0.05, 0.1) is 5.69 Å². The van der Waals surface area contributed by atoms with E-state index in [4.69, 9.17) is 18.0 Å². The lowest BCUT2D eigenvalue weighted by molar-refractivity contribution is 0.779. The maximum atomic E-state index is 5.36. The smallest absolute Gasteiger partial charge is 0.168 e. The largest absolute Gasteiger partial charge is 0.376 e. The van der Waals surface area contributed by atoms with Gasteiger partial charge in [-0.1, -0.05) is 0 Å². The van der Waals surface area contributed by atoms with Crippen molar-refractivity contribution >= 4 is 23.0 Å². The molecule has 0 radical (unpaired) electrons. The molecule has 3 N–H and O–H groups in total. The zero-order valence-corrected chi connectivity index (χ0v) is 9.40. The lowest BCUT2D eigenvalue weighted by Gasteiger charge is -2.05. The first-order valence-corrected chi connectivity index (χ1v) is 4.99. The van der Waals surface area contributed by atoms with E-state index in [1.165, 1.54) is 0 Å². The summed E-state index contributed by atoms with van der Waals surface area (Å²) in [7, 11) is 0. The zero-order valence-electron chi connectivity index (χ0n) is 8.58. The minimum atomic E-state index is 0.242. The number of aryl methyl sites for hydroxylation is 1. The van der Waals surface area contributed by atoms with Crippen molar-refractivity contribution in [3.05, 3.63) is 30.1 Å². The molecular weight excluding hydrogens is 224 g/mol. The van der Waals surface area contributed by atoms with Gasteiger partial charge in [0.25, 0.3) is 0 Å². The van der Waals surface area contributed by atoms with Crippen molar-refractivity contribution in [3.8, 4) is 5.69 Å². The Labute approximate surface area is 97.5 Å². The molecule has 6 nitrogen and oxygen atoms in total. The van der Waals surface area contributed by atoms with Crippen LogP contribution in [-0.2, 0) is 0 Å². The van der Waals surface area contributed by atoms with Crippen molar-refractivity contribution in [1.29, 1.82) is 0 Å². The molecule has 82 valence electrons. The highest BCUT2D eigenvalue weighted by Gasteiger charge is 2.02. The Kier molecular flexibility index (Phi) is 2.78. The number of benzene rings is 1. The molecule has 1 heterocycles. The molecule has 2 rings (SSSR count). The predicted octanol–water partition coefficient (Wildman–Crippen LogP) is 0.626. The van der Waals surface area contributed by atoms with Gasteiger partial charge in [-0.15, -0.1) is 5.10 Å². The summed E-state index contributed by atoms with van der Waals surface area (Å²) in [5.74, 6) is 0.732. The molecule has 0 fully saturated rings. The minimum Gasteiger partial charge on any atom is -0.376 e. The maximum Gasteiger partial charge on any atom is 0.168 e. The molecule has 16 heavy (non-hydrogen) atoms. The number of hydrogen-bond acceptors (Lipinski definition) is 4. The fourth-order valence-corrected chi connectivity index (χ4v) is 1.42. The Balaban J connectivity index is 2.26. The predicted molar refractivity (Wildman–Crippen MR) is 64.3 cm³/mol. The van der Waals surface area contributed by atoms with E-state index >= 15 is 0 Å². The molecule has 0 atom stereocenters. The van der Waals surface area contributed by atoms with Gasteiger partial charge in [0.15, 0.2) is 10.9 Å². The van der Waals surface area contributed by atoms with Crippen molar-refractivity contribution in [2.45, 2.75) is 6.92 Å². The highest BCUT2D eigenvalue weighted by atomic mass is 32.1. The van der Waals surface area contributed by atoms with Crippen LogP contribution in [0.25, 0.3) is 5.69 Å². The number of aromatic nitrogens is 4. The third kappa shape index (κ3) is 2.14. The molecule has 0 saturated carbocycles. The van der Waals surface area contributed by atoms with Crippen LogP contribution in [0.5, 0.6) is 0 Å². The molecule has 0 aliphatic carbocycles. The second-order valence-corrected chi connectivity index (χ2v) is 3.61. The summed E-state index contributed by atoms with van der Waals surface area (Å²) in [6.45, 7) is 1.83. The van der Waals surface area contributed by atoms with Crippen LogP contribution in [0.3, 0.4) is 0 Å². The van der Waals surface area contributed by atoms with Crippen LogP contribution in [0.1, 0.15) is 5.82 Å². The van der Waals surface area contributed by atoms with Crippen LogP contribution in [-0.4, -0.2) is 25.3 Å². The number of thiocarbonyl (C=S) groups is 1. The lowest BCUT2D eigenvalue weighted by Crippen LogP contribution is -2.18. The summed E-state index contributed by atoms with van der Waals surface area (Å²) in [6.07, 6.45) is 0. The Morgan fingerprint density at radius 1 is 1.38 bits per heavy atom. The highest BCUT2D eigenvalue weighted by Crippen LogP contribution is 2.12. The number of nitrogens with zero attached hydrogens (tertiary/aromatic N) is 4. The van der Waals surface area contributed by atoms with Crippen LogP contribution >= 0.6 is 12.2 Å². The number of nitrogens with two attached hydrogens (primary N) is 1. The highest BCUT2D eigenvalue weighted by molar-refractivity contribution is 7.80. The molecule has 0 aliphatic heterocycles. The van der Waals surface area contributed by atoms with Crippen LogP contribution in [0.4, 0.5) is 5.69 Å². The van der Waals surface area contributed by atoms with Crippen LogP contribution in [0, 0.1) is 6.92 Å². The molecule has 0 amide bonds. The van der Waals surface area contributed by atoms with Crippen LogP contribution in [0.2, 0.25) is 0 Å². The monoisotopic (exact) mass is 234 g/mol. The van der Waals surface area contributed by atoms with Gasteiger partial charge in [-0.3, -0.25) is 0 Å². The normalized spacial score (nSPS) is 10.1. The summed E-state index contributed by atoms with van der Waals surface area (Å²) < 4.78 is 1.64. The molecule has 0 bridgehead atoms.